The number of ether oxygens (including phenoxy) is 1. The molecule has 1 N–H and O–H groups in total. The SMILES string of the molecule is CC(C)(C)c1ccc(CN(Cc2ccco2)CC(O)COc2ccc(C=O)cc2)cc1. The van der Waals surface area contributed by atoms with Gasteiger partial charge in [-0.25, -0.2) is 0 Å². The maximum Gasteiger partial charge on any atom is 0.150 e. The molecule has 3 aromatic rings. The lowest BCUT2D eigenvalue weighted by molar-refractivity contribution is 0.0604. The summed E-state index contributed by atoms with van der Waals surface area (Å²) in [6.07, 6.45) is 1.78. The predicted octanol–water partition coefficient (Wildman–Crippen LogP) is 4.83. The molecule has 1 atom stereocenters. The van der Waals surface area contributed by atoms with Crippen LogP contribution in [-0.4, -0.2) is 35.5 Å². The van der Waals surface area contributed by atoms with Gasteiger partial charge in [-0.1, -0.05) is 45.0 Å². The molecule has 0 saturated carbocycles. The smallest absolute Gasteiger partial charge is 0.150 e. The third-order valence-corrected chi connectivity index (χ3v) is 5.11. The molecule has 164 valence electrons. The van der Waals surface area contributed by atoms with Crippen LogP contribution in [0.5, 0.6) is 5.75 Å². The maximum absolute atomic E-state index is 10.8. The van der Waals surface area contributed by atoms with Crippen LogP contribution in [-0.2, 0) is 18.5 Å². The van der Waals surface area contributed by atoms with Gasteiger partial charge in [0, 0.05) is 18.7 Å². The molecule has 1 aromatic heterocycles. The van der Waals surface area contributed by atoms with Crippen LogP contribution >= 0.6 is 0 Å². The quantitative estimate of drug-likeness (QED) is 0.475. The Hall–Kier alpha value is -2.89. The molecule has 0 fully saturated rings. The summed E-state index contributed by atoms with van der Waals surface area (Å²) < 4.78 is 11.2. The second-order valence-corrected chi connectivity index (χ2v) is 8.85. The lowest BCUT2D eigenvalue weighted by Crippen LogP contribution is -2.35. The molecule has 0 saturated heterocycles. The van der Waals surface area contributed by atoms with Gasteiger partial charge in [0.15, 0.2) is 0 Å². The molecule has 0 aliphatic rings. The standard InChI is InChI=1S/C26H31NO4/c1-26(2,3)22-10-6-20(7-11-22)15-27(17-25-5-4-14-30-25)16-23(29)19-31-24-12-8-21(18-28)9-13-24/h4-14,18,23,29H,15-17,19H2,1-3H3. The van der Waals surface area contributed by atoms with E-state index in [9.17, 15) is 9.90 Å². The molecule has 0 aliphatic heterocycles. The van der Waals surface area contributed by atoms with Crippen molar-refractivity contribution in [2.75, 3.05) is 13.2 Å². The number of carbonyl (C=O) groups excluding carboxylic acids is 1. The van der Waals surface area contributed by atoms with Gasteiger partial charge in [-0.15, -0.1) is 0 Å². The van der Waals surface area contributed by atoms with E-state index in [1.807, 2.05) is 12.1 Å². The van der Waals surface area contributed by atoms with Gasteiger partial charge in [0.25, 0.3) is 0 Å². The van der Waals surface area contributed by atoms with Crippen LogP contribution < -0.4 is 4.74 Å². The second kappa shape index (κ2) is 10.4. The monoisotopic (exact) mass is 421 g/mol. The molecule has 1 unspecified atom stereocenters. The van der Waals surface area contributed by atoms with Crippen molar-refractivity contribution in [3.63, 3.8) is 0 Å². The number of rotatable bonds is 10. The molecule has 0 spiro atoms. The van der Waals surface area contributed by atoms with E-state index in [0.717, 1.165) is 12.0 Å². The van der Waals surface area contributed by atoms with E-state index in [0.29, 0.717) is 30.9 Å². The highest BCUT2D eigenvalue weighted by atomic mass is 16.5. The lowest BCUT2D eigenvalue weighted by atomic mass is 9.87. The van der Waals surface area contributed by atoms with Crippen molar-refractivity contribution in [2.24, 2.45) is 0 Å². The van der Waals surface area contributed by atoms with Gasteiger partial charge in [0.05, 0.1) is 12.8 Å². The van der Waals surface area contributed by atoms with Gasteiger partial charge in [0.2, 0.25) is 0 Å². The summed E-state index contributed by atoms with van der Waals surface area (Å²) in [5.41, 5.74) is 3.18. The Morgan fingerprint density at radius 2 is 1.74 bits per heavy atom. The minimum Gasteiger partial charge on any atom is -0.491 e. The molecule has 0 amide bonds. The summed E-state index contributed by atoms with van der Waals surface area (Å²) in [6, 6.07) is 19.3. The van der Waals surface area contributed by atoms with E-state index in [2.05, 4.69) is 49.9 Å². The predicted molar refractivity (Wildman–Crippen MR) is 121 cm³/mol. The highest BCUT2D eigenvalue weighted by Crippen LogP contribution is 2.23. The largest absolute Gasteiger partial charge is 0.491 e. The Kier molecular flexibility index (Phi) is 7.66. The summed E-state index contributed by atoms with van der Waals surface area (Å²) in [7, 11) is 0. The second-order valence-electron chi connectivity index (χ2n) is 8.85. The summed E-state index contributed by atoms with van der Waals surface area (Å²) in [6.45, 7) is 8.50. The number of benzene rings is 2. The van der Waals surface area contributed by atoms with Gasteiger partial charge >= 0.3 is 0 Å². The Balaban J connectivity index is 1.61. The number of hydrogen-bond acceptors (Lipinski definition) is 5. The van der Waals surface area contributed by atoms with Crippen molar-refractivity contribution in [1.82, 2.24) is 4.90 Å². The van der Waals surface area contributed by atoms with E-state index in [4.69, 9.17) is 9.15 Å². The molecular weight excluding hydrogens is 390 g/mol. The average Bonchev–Trinajstić information content (AvgIpc) is 3.25. The molecule has 5 heteroatoms. The van der Waals surface area contributed by atoms with Crippen molar-refractivity contribution in [3.05, 3.63) is 89.4 Å². The van der Waals surface area contributed by atoms with E-state index >= 15 is 0 Å². The maximum atomic E-state index is 10.8. The Morgan fingerprint density at radius 1 is 1.03 bits per heavy atom. The number of aldehydes is 1. The number of furan rings is 1. The highest BCUT2D eigenvalue weighted by molar-refractivity contribution is 5.74. The van der Waals surface area contributed by atoms with Crippen molar-refractivity contribution in [2.45, 2.75) is 45.4 Å². The van der Waals surface area contributed by atoms with Gasteiger partial charge < -0.3 is 14.3 Å². The van der Waals surface area contributed by atoms with Gasteiger partial charge in [-0.05, 0) is 52.9 Å². The average molecular weight is 422 g/mol. The van der Waals surface area contributed by atoms with Gasteiger partial charge in [-0.2, -0.15) is 0 Å². The Labute approximate surface area is 184 Å². The lowest BCUT2D eigenvalue weighted by Gasteiger charge is -2.25. The third kappa shape index (κ3) is 7.09. The first-order chi connectivity index (χ1) is 14.8. The first kappa shape index (κ1) is 22.8. The van der Waals surface area contributed by atoms with E-state index in [1.165, 1.54) is 11.1 Å². The van der Waals surface area contributed by atoms with Crippen molar-refractivity contribution >= 4 is 6.29 Å². The number of aliphatic hydroxyl groups is 1. The molecule has 31 heavy (non-hydrogen) atoms. The number of hydrogen-bond donors (Lipinski definition) is 1. The van der Waals surface area contributed by atoms with Crippen molar-refractivity contribution in [1.29, 1.82) is 0 Å². The van der Waals surface area contributed by atoms with Crippen LogP contribution in [0.1, 0.15) is 48.0 Å². The fourth-order valence-corrected chi connectivity index (χ4v) is 3.36. The van der Waals surface area contributed by atoms with E-state index in [-0.39, 0.29) is 12.0 Å². The molecule has 0 bridgehead atoms. The Bertz CT molecular complexity index is 925. The molecule has 0 radical (unpaired) electrons. The molecule has 3 rings (SSSR count). The Morgan fingerprint density at radius 3 is 2.32 bits per heavy atom. The zero-order chi connectivity index (χ0) is 22.3. The van der Waals surface area contributed by atoms with Crippen LogP contribution in [0.4, 0.5) is 0 Å². The number of aliphatic hydroxyl groups excluding tert-OH is 1. The molecule has 2 aromatic carbocycles. The summed E-state index contributed by atoms with van der Waals surface area (Å²) in [5, 5.41) is 10.6. The van der Waals surface area contributed by atoms with Gasteiger partial charge in [-0.3, -0.25) is 9.69 Å². The minimum absolute atomic E-state index is 0.115. The first-order valence-corrected chi connectivity index (χ1v) is 10.5. The molecule has 1 heterocycles. The van der Waals surface area contributed by atoms with E-state index < -0.39 is 6.10 Å². The van der Waals surface area contributed by atoms with Crippen molar-refractivity contribution in [3.8, 4) is 5.75 Å². The number of nitrogens with zero attached hydrogens (tertiary/aromatic N) is 1. The minimum atomic E-state index is -0.672. The number of carbonyl (C=O) groups is 1. The molecule has 0 aliphatic carbocycles. The highest BCUT2D eigenvalue weighted by Gasteiger charge is 2.17. The molecular formula is C26H31NO4. The molecule has 5 nitrogen and oxygen atoms in total. The fraction of sp³-hybridized carbons (Fsp3) is 0.346. The fourth-order valence-electron chi connectivity index (χ4n) is 3.36. The normalized spacial score (nSPS) is 12.7. The third-order valence-electron chi connectivity index (χ3n) is 5.11. The topological polar surface area (TPSA) is 62.9 Å². The van der Waals surface area contributed by atoms with Crippen LogP contribution in [0, 0.1) is 0 Å². The summed E-state index contributed by atoms with van der Waals surface area (Å²) in [5.74, 6) is 1.48. The summed E-state index contributed by atoms with van der Waals surface area (Å²) >= 11 is 0. The summed E-state index contributed by atoms with van der Waals surface area (Å²) in [4.78, 5) is 12.9. The first-order valence-electron chi connectivity index (χ1n) is 10.5. The zero-order valence-corrected chi connectivity index (χ0v) is 18.5. The zero-order valence-electron chi connectivity index (χ0n) is 18.5. The van der Waals surface area contributed by atoms with E-state index in [1.54, 1.807) is 30.5 Å². The van der Waals surface area contributed by atoms with Crippen LogP contribution in [0.2, 0.25) is 0 Å². The van der Waals surface area contributed by atoms with Crippen LogP contribution in [0.3, 0.4) is 0 Å². The van der Waals surface area contributed by atoms with Crippen LogP contribution in [0.15, 0.2) is 71.3 Å². The van der Waals surface area contributed by atoms with Crippen molar-refractivity contribution < 1.29 is 19.1 Å². The van der Waals surface area contributed by atoms with Crippen LogP contribution in [0.25, 0.3) is 0 Å². The van der Waals surface area contributed by atoms with Gasteiger partial charge in [0.1, 0.15) is 30.5 Å².